The minimum absolute atomic E-state index is 0.563. The summed E-state index contributed by atoms with van der Waals surface area (Å²) in [4.78, 5) is 7.04. The molecule has 2 aromatic rings. The van der Waals surface area contributed by atoms with E-state index in [9.17, 15) is 0 Å². The van der Waals surface area contributed by atoms with Crippen LogP contribution in [0.5, 0.6) is 0 Å². The van der Waals surface area contributed by atoms with Crippen LogP contribution in [0.3, 0.4) is 0 Å². The number of aryl methyl sites for hydroxylation is 3. The van der Waals surface area contributed by atoms with Crippen LogP contribution in [0, 0.1) is 13.8 Å². The Kier molecular flexibility index (Phi) is 4.10. The first-order valence-electron chi connectivity index (χ1n) is 7.85. The van der Waals surface area contributed by atoms with Gasteiger partial charge in [-0.3, -0.25) is 9.58 Å². The van der Waals surface area contributed by atoms with Gasteiger partial charge in [0.05, 0.1) is 18.8 Å². The van der Waals surface area contributed by atoms with Crippen LogP contribution in [-0.2, 0) is 20.1 Å². The van der Waals surface area contributed by atoms with Crippen molar-refractivity contribution in [2.75, 3.05) is 6.54 Å². The summed E-state index contributed by atoms with van der Waals surface area (Å²) in [6.45, 7) is 7.30. The van der Waals surface area contributed by atoms with E-state index < -0.39 is 0 Å². The average Bonchev–Trinajstić information content (AvgIpc) is 2.99. The van der Waals surface area contributed by atoms with Crippen molar-refractivity contribution in [1.29, 1.82) is 0 Å². The maximum atomic E-state index is 4.62. The second kappa shape index (κ2) is 6.02. The summed E-state index contributed by atoms with van der Waals surface area (Å²) in [7, 11) is 2.07. The predicted molar refractivity (Wildman–Crippen MR) is 83.0 cm³/mol. The summed E-state index contributed by atoms with van der Waals surface area (Å²) < 4.78 is 4.28. The third-order valence-electron chi connectivity index (χ3n) is 4.50. The highest BCUT2D eigenvalue weighted by molar-refractivity contribution is 5.07. The summed E-state index contributed by atoms with van der Waals surface area (Å²) in [6, 6.07) is 2.72. The number of nitrogens with zero attached hydrogens (tertiary/aromatic N) is 5. The molecule has 3 heterocycles. The molecule has 2 aromatic heterocycles. The highest BCUT2D eigenvalue weighted by Gasteiger charge is 2.24. The van der Waals surface area contributed by atoms with Crippen LogP contribution in [0.4, 0.5) is 0 Å². The van der Waals surface area contributed by atoms with E-state index in [0.29, 0.717) is 6.04 Å². The second-order valence-electron chi connectivity index (χ2n) is 6.18. The molecule has 0 aliphatic carbocycles. The van der Waals surface area contributed by atoms with Gasteiger partial charge in [0, 0.05) is 31.2 Å². The molecule has 1 fully saturated rings. The summed E-state index contributed by atoms with van der Waals surface area (Å²) in [5.74, 6) is 1.15. The van der Waals surface area contributed by atoms with Crippen LogP contribution in [0.1, 0.15) is 36.5 Å². The number of likely N-dealkylation sites (tertiary alicyclic amines) is 1. The molecule has 0 unspecified atom stereocenters. The average molecular weight is 287 g/mol. The summed E-state index contributed by atoms with van der Waals surface area (Å²) in [6.07, 6.45) is 7.77. The fraction of sp³-hybridized carbons (Fsp3) is 0.625. The van der Waals surface area contributed by atoms with Crippen molar-refractivity contribution < 1.29 is 0 Å². The molecule has 5 heteroatoms. The van der Waals surface area contributed by atoms with Crippen molar-refractivity contribution in [2.45, 2.75) is 52.2 Å². The Morgan fingerprint density at radius 1 is 1.29 bits per heavy atom. The van der Waals surface area contributed by atoms with Gasteiger partial charge in [0.15, 0.2) is 0 Å². The molecule has 0 spiro atoms. The van der Waals surface area contributed by atoms with E-state index in [-0.39, 0.29) is 0 Å². The zero-order chi connectivity index (χ0) is 14.8. The maximum absolute atomic E-state index is 4.62. The van der Waals surface area contributed by atoms with Gasteiger partial charge in [-0.1, -0.05) is 6.42 Å². The first kappa shape index (κ1) is 14.3. The third-order valence-corrected chi connectivity index (χ3v) is 4.50. The Bertz CT molecular complexity index is 598. The van der Waals surface area contributed by atoms with E-state index in [2.05, 4.69) is 51.2 Å². The number of hydrogen-bond acceptors (Lipinski definition) is 3. The first-order valence-corrected chi connectivity index (χ1v) is 7.85. The molecule has 3 rings (SSSR count). The van der Waals surface area contributed by atoms with E-state index in [1.54, 1.807) is 0 Å². The van der Waals surface area contributed by atoms with Crippen molar-refractivity contribution in [2.24, 2.45) is 7.05 Å². The molecule has 1 atom stereocenters. The first-order chi connectivity index (χ1) is 10.1. The standard InChI is InChI=1S/C16H25N5/c1-13-10-14(2)21(18-13)11-15-6-4-5-8-20(15)12-16-17-7-9-19(16)3/h7,9-10,15H,4-6,8,11-12H2,1-3H3/t15-/m1/s1. The van der Waals surface area contributed by atoms with Crippen molar-refractivity contribution in [3.63, 3.8) is 0 Å². The van der Waals surface area contributed by atoms with Gasteiger partial charge < -0.3 is 4.57 Å². The van der Waals surface area contributed by atoms with E-state index >= 15 is 0 Å². The topological polar surface area (TPSA) is 38.9 Å². The lowest BCUT2D eigenvalue weighted by Crippen LogP contribution is -2.42. The lowest BCUT2D eigenvalue weighted by atomic mass is 10.0. The van der Waals surface area contributed by atoms with Crippen LogP contribution >= 0.6 is 0 Å². The molecule has 1 saturated heterocycles. The molecule has 5 nitrogen and oxygen atoms in total. The van der Waals surface area contributed by atoms with Gasteiger partial charge in [-0.15, -0.1) is 0 Å². The lowest BCUT2D eigenvalue weighted by Gasteiger charge is -2.35. The molecule has 21 heavy (non-hydrogen) atoms. The molecule has 0 amide bonds. The van der Waals surface area contributed by atoms with Crippen LogP contribution in [0.2, 0.25) is 0 Å². The Hall–Kier alpha value is -1.62. The zero-order valence-electron chi connectivity index (χ0n) is 13.3. The van der Waals surface area contributed by atoms with E-state index in [1.807, 2.05) is 12.4 Å². The van der Waals surface area contributed by atoms with Gasteiger partial charge in [0.1, 0.15) is 5.82 Å². The Balaban J connectivity index is 1.72. The van der Waals surface area contributed by atoms with Gasteiger partial charge >= 0.3 is 0 Å². The molecular formula is C16H25N5. The molecule has 0 aromatic carbocycles. The van der Waals surface area contributed by atoms with Gasteiger partial charge in [-0.05, 0) is 39.3 Å². The Morgan fingerprint density at radius 3 is 2.81 bits per heavy atom. The van der Waals surface area contributed by atoms with E-state index in [4.69, 9.17) is 0 Å². The second-order valence-corrected chi connectivity index (χ2v) is 6.18. The molecule has 1 aliphatic heterocycles. The molecular weight excluding hydrogens is 262 g/mol. The van der Waals surface area contributed by atoms with Crippen molar-refractivity contribution in [3.05, 3.63) is 35.7 Å². The Labute approximate surface area is 126 Å². The molecule has 0 saturated carbocycles. The van der Waals surface area contributed by atoms with Gasteiger partial charge in [-0.25, -0.2) is 4.98 Å². The van der Waals surface area contributed by atoms with Crippen LogP contribution in [0.25, 0.3) is 0 Å². The Morgan fingerprint density at radius 2 is 2.14 bits per heavy atom. The molecule has 0 bridgehead atoms. The molecule has 1 aliphatic rings. The fourth-order valence-electron chi connectivity index (χ4n) is 3.26. The quantitative estimate of drug-likeness (QED) is 0.866. The third kappa shape index (κ3) is 3.18. The number of aromatic nitrogens is 4. The highest BCUT2D eigenvalue weighted by atomic mass is 15.3. The summed E-state index contributed by atoms with van der Waals surface area (Å²) >= 11 is 0. The molecule has 0 radical (unpaired) electrons. The number of hydrogen-bond donors (Lipinski definition) is 0. The normalized spacial score (nSPS) is 20.0. The number of piperidine rings is 1. The molecule has 114 valence electrons. The van der Waals surface area contributed by atoms with Crippen LogP contribution < -0.4 is 0 Å². The van der Waals surface area contributed by atoms with Gasteiger partial charge in [0.2, 0.25) is 0 Å². The van der Waals surface area contributed by atoms with E-state index in [1.165, 1.54) is 25.0 Å². The SMILES string of the molecule is Cc1cc(C)n(C[C@H]2CCCCN2Cc2nccn2C)n1. The zero-order valence-corrected chi connectivity index (χ0v) is 13.3. The number of imidazole rings is 1. The van der Waals surface area contributed by atoms with Crippen LogP contribution in [0.15, 0.2) is 18.5 Å². The highest BCUT2D eigenvalue weighted by Crippen LogP contribution is 2.21. The van der Waals surface area contributed by atoms with Crippen molar-refractivity contribution in [1.82, 2.24) is 24.2 Å². The van der Waals surface area contributed by atoms with Crippen molar-refractivity contribution >= 4 is 0 Å². The van der Waals surface area contributed by atoms with E-state index in [0.717, 1.165) is 31.2 Å². The summed E-state index contributed by atoms with van der Waals surface area (Å²) in [5.41, 5.74) is 2.37. The van der Waals surface area contributed by atoms with Crippen LogP contribution in [-0.4, -0.2) is 36.8 Å². The summed E-state index contributed by atoms with van der Waals surface area (Å²) in [5, 5.41) is 4.62. The van der Waals surface area contributed by atoms with Crippen molar-refractivity contribution in [3.8, 4) is 0 Å². The fourth-order valence-corrected chi connectivity index (χ4v) is 3.26. The van der Waals surface area contributed by atoms with Gasteiger partial charge in [0.25, 0.3) is 0 Å². The largest absolute Gasteiger partial charge is 0.337 e. The predicted octanol–water partition coefficient (Wildman–Crippen LogP) is 2.29. The minimum Gasteiger partial charge on any atom is -0.337 e. The minimum atomic E-state index is 0.563. The monoisotopic (exact) mass is 287 g/mol. The lowest BCUT2D eigenvalue weighted by molar-refractivity contribution is 0.117. The number of rotatable bonds is 4. The molecule has 0 N–H and O–H groups in total. The maximum Gasteiger partial charge on any atom is 0.122 e. The van der Waals surface area contributed by atoms with Gasteiger partial charge in [-0.2, -0.15) is 5.10 Å². The smallest absolute Gasteiger partial charge is 0.122 e.